The number of benzene rings is 2. The lowest BCUT2D eigenvalue weighted by atomic mass is 10.1. The van der Waals surface area contributed by atoms with Gasteiger partial charge in [0, 0.05) is 16.8 Å². The molecule has 1 aromatic heterocycles. The number of nitrogens with one attached hydrogen (secondary N) is 1. The topological polar surface area (TPSA) is 51.5 Å². The highest BCUT2D eigenvalue weighted by atomic mass is 16.5. The number of methoxy groups -OCH3 is 1. The third-order valence-corrected chi connectivity index (χ3v) is 3.52. The van der Waals surface area contributed by atoms with E-state index in [0.717, 1.165) is 28.5 Å². The Bertz CT molecular complexity index is 801. The Balaban J connectivity index is 1.72. The van der Waals surface area contributed by atoms with E-state index in [1.165, 1.54) is 0 Å². The van der Waals surface area contributed by atoms with Crippen LogP contribution in [0.4, 0.5) is 5.69 Å². The van der Waals surface area contributed by atoms with E-state index in [4.69, 9.17) is 9.15 Å². The van der Waals surface area contributed by atoms with E-state index in [1.807, 2.05) is 31.2 Å². The zero-order chi connectivity index (χ0) is 16.2. The molecule has 3 aromatic rings. The number of hydrogen-bond donors (Lipinski definition) is 1. The minimum atomic E-state index is -0.155. The molecule has 0 radical (unpaired) electrons. The van der Waals surface area contributed by atoms with Gasteiger partial charge in [-0.1, -0.05) is 12.1 Å². The molecule has 0 bridgehead atoms. The Hall–Kier alpha value is -3.01. The summed E-state index contributed by atoms with van der Waals surface area (Å²) in [5.74, 6) is 2.25. The van der Waals surface area contributed by atoms with Gasteiger partial charge in [0.25, 0.3) is 5.91 Å². The fourth-order valence-corrected chi connectivity index (χ4v) is 2.25. The summed E-state index contributed by atoms with van der Waals surface area (Å²) in [5.41, 5.74) is 2.26. The molecule has 0 atom stereocenters. The normalized spacial score (nSPS) is 10.3. The van der Waals surface area contributed by atoms with Crippen molar-refractivity contribution in [1.82, 2.24) is 0 Å². The van der Waals surface area contributed by atoms with Gasteiger partial charge in [-0.15, -0.1) is 0 Å². The van der Waals surface area contributed by atoms with Gasteiger partial charge in [0.15, 0.2) is 0 Å². The average Bonchev–Trinajstić information content (AvgIpc) is 3.02. The van der Waals surface area contributed by atoms with Crippen molar-refractivity contribution in [3.63, 3.8) is 0 Å². The molecule has 0 saturated heterocycles. The SMILES string of the molecule is COc1ccc(NC(=O)c2ccc(-c3ccc(C)o3)cc2)cc1. The minimum Gasteiger partial charge on any atom is -0.497 e. The molecule has 1 heterocycles. The summed E-state index contributed by atoms with van der Waals surface area (Å²) in [6.07, 6.45) is 0. The monoisotopic (exact) mass is 307 g/mol. The maximum atomic E-state index is 12.3. The maximum absolute atomic E-state index is 12.3. The minimum absolute atomic E-state index is 0.155. The molecular weight excluding hydrogens is 290 g/mol. The van der Waals surface area contributed by atoms with Gasteiger partial charge in [-0.25, -0.2) is 0 Å². The molecule has 4 nitrogen and oxygen atoms in total. The largest absolute Gasteiger partial charge is 0.497 e. The number of carbonyl (C=O) groups is 1. The van der Waals surface area contributed by atoms with Gasteiger partial charge in [0.05, 0.1) is 7.11 Å². The Kier molecular flexibility index (Phi) is 4.15. The number of furan rings is 1. The summed E-state index contributed by atoms with van der Waals surface area (Å²) in [4.78, 5) is 12.3. The predicted octanol–water partition coefficient (Wildman–Crippen LogP) is 4.52. The second-order valence-electron chi connectivity index (χ2n) is 5.17. The van der Waals surface area contributed by atoms with Crippen molar-refractivity contribution < 1.29 is 13.9 Å². The number of hydrogen-bond acceptors (Lipinski definition) is 3. The molecule has 116 valence electrons. The molecule has 4 heteroatoms. The summed E-state index contributed by atoms with van der Waals surface area (Å²) in [6.45, 7) is 1.90. The Morgan fingerprint density at radius 1 is 0.957 bits per heavy atom. The summed E-state index contributed by atoms with van der Waals surface area (Å²) in [6, 6.07) is 18.4. The zero-order valence-corrected chi connectivity index (χ0v) is 13.0. The van der Waals surface area contributed by atoms with Gasteiger partial charge in [0.2, 0.25) is 0 Å². The van der Waals surface area contributed by atoms with Crippen LogP contribution in [0, 0.1) is 6.92 Å². The molecule has 1 N–H and O–H groups in total. The van der Waals surface area contributed by atoms with E-state index < -0.39 is 0 Å². The average molecular weight is 307 g/mol. The number of carbonyl (C=O) groups excluding carboxylic acids is 1. The van der Waals surface area contributed by atoms with Crippen LogP contribution in [-0.4, -0.2) is 13.0 Å². The lowest BCUT2D eigenvalue weighted by Crippen LogP contribution is -2.11. The first-order valence-corrected chi connectivity index (χ1v) is 7.28. The van der Waals surface area contributed by atoms with Crippen molar-refractivity contribution in [2.45, 2.75) is 6.92 Å². The van der Waals surface area contributed by atoms with E-state index in [0.29, 0.717) is 5.56 Å². The van der Waals surface area contributed by atoms with Crippen LogP contribution in [0.25, 0.3) is 11.3 Å². The molecule has 0 unspecified atom stereocenters. The molecule has 1 amide bonds. The molecule has 3 rings (SSSR count). The highest BCUT2D eigenvalue weighted by Crippen LogP contribution is 2.22. The van der Waals surface area contributed by atoms with Crippen molar-refractivity contribution in [3.8, 4) is 17.1 Å². The second-order valence-corrected chi connectivity index (χ2v) is 5.17. The molecular formula is C19H17NO3. The van der Waals surface area contributed by atoms with Gasteiger partial charge in [-0.05, 0) is 55.5 Å². The van der Waals surface area contributed by atoms with Crippen LogP contribution in [0.2, 0.25) is 0 Å². The molecule has 0 fully saturated rings. The van der Waals surface area contributed by atoms with Crippen molar-refractivity contribution in [1.29, 1.82) is 0 Å². The second kappa shape index (κ2) is 6.40. The van der Waals surface area contributed by atoms with Crippen LogP contribution >= 0.6 is 0 Å². The summed E-state index contributed by atoms with van der Waals surface area (Å²) < 4.78 is 10.7. The van der Waals surface area contributed by atoms with Gasteiger partial charge in [0.1, 0.15) is 17.3 Å². The van der Waals surface area contributed by atoms with Crippen LogP contribution in [0.3, 0.4) is 0 Å². The number of ether oxygens (including phenoxy) is 1. The fourth-order valence-electron chi connectivity index (χ4n) is 2.25. The highest BCUT2D eigenvalue weighted by molar-refractivity contribution is 6.04. The Morgan fingerprint density at radius 2 is 1.65 bits per heavy atom. The van der Waals surface area contributed by atoms with Crippen molar-refractivity contribution in [2.75, 3.05) is 12.4 Å². The third-order valence-electron chi connectivity index (χ3n) is 3.52. The van der Waals surface area contributed by atoms with Crippen LogP contribution in [0.5, 0.6) is 5.75 Å². The summed E-state index contributed by atoms with van der Waals surface area (Å²) in [5, 5.41) is 2.85. The van der Waals surface area contributed by atoms with Crippen LogP contribution in [-0.2, 0) is 0 Å². The van der Waals surface area contributed by atoms with Gasteiger partial charge >= 0.3 is 0 Å². The van der Waals surface area contributed by atoms with E-state index in [2.05, 4.69) is 5.32 Å². The van der Waals surface area contributed by atoms with Gasteiger partial charge in [-0.3, -0.25) is 4.79 Å². The van der Waals surface area contributed by atoms with E-state index >= 15 is 0 Å². The van der Waals surface area contributed by atoms with Gasteiger partial charge in [-0.2, -0.15) is 0 Å². The molecule has 2 aromatic carbocycles. The first-order valence-electron chi connectivity index (χ1n) is 7.28. The zero-order valence-electron chi connectivity index (χ0n) is 13.0. The van der Waals surface area contributed by atoms with Crippen LogP contribution < -0.4 is 10.1 Å². The lowest BCUT2D eigenvalue weighted by Gasteiger charge is -2.07. The lowest BCUT2D eigenvalue weighted by molar-refractivity contribution is 0.102. The molecule has 0 aliphatic rings. The van der Waals surface area contributed by atoms with E-state index in [9.17, 15) is 4.79 Å². The van der Waals surface area contributed by atoms with E-state index in [-0.39, 0.29) is 5.91 Å². The van der Waals surface area contributed by atoms with Crippen LogP contribution in [0.15, 0.2) is 65.1 Å². The molecule has 0 aliphatic carbocycles. The summed E-state index contributed by atoms with van der Waals surface area (Å²) >= 11 is 0. The number of anilines is 1. The van der Waals surface area contributed by atoms with Crippen molar-refractivity contribution >= 4 is 11.6 Å². The van der Waals surface area contributed by atoms with E-state index in [1.54, 1.807) is 43.5 Å². The molecule has 23 heavy (non-hydrogen) atoms. The number of aryl methyl sites for hydroxylation is 1. The first kappa shape index (κ1) is 14.9. The fraction of sp³-hybridized carbons (Fsp3) is 0.105. The molecule has 0 saturated carbocycles. The first-order chi connectivity index (χ1) is 11.2. The number of amides is 1. The van der Waals surface area contributed by atoms with Gasteiger partial charge < -0.3 is 14.5 Å². The highest BCUT2D eigenvalue weighted by Gasteiger charge is 2.08. The predicted molar refractivity (Wildman–Crippen MR) is 89.8 cm³/mol. The Labute approximate surface area is 134 Å². The standard InChI is InChI=1S/C19H17NO3/c1-13-3-12-18(23-13)14-4-6-15(7-5-14)19(21)20-16-8-10-17(22-2)11-9-16/h3-12H,1-2H3,(H,20,21). The van der Waals surface area contributed by atoms with Crippen LogP contribution in [0.1, 0.15) is 16.1 Å². The summed E-state index contributed by atoms with van der Waals surface area (Å²) in [7, 11) is 1.61. The molecule has 0 aliphatic heterocycles. The third kappa shape index (κ3) is 3.43. The molecule has 0 spiro atoms. The van der Waals surface area contributed by atoms with Crippen molar-refractivity contribution in [3.05, 3.63) is 72.0 Å². The number of rotatable bonds is 4. The van der Waals surface area contributed by atoms with Crippen molar-refractivity contribution in [2.24, 2.45) is 0 Å². The quantitative estimate of drug-likeness (QED) is 0.771. The maximum Gasteiger partial charge on any atom is 0.255 e. The Morgan fingerprint density at radius 3 is 2.22 bits per heavy atom. The smallest absolute Gasteiger partial charge is 0.255 e.